The second-order valence-corrected chi connectivity index (χ2v) is 5.41. The van der Waals surface area contributed by atoms with Crippen LogP contribution in [0.3, 0.4) is 0 Å². The minimum absolute atomic E-state index is 0.00572. The van der Waals surface area contributed by atoms with Crippen LogP contribution in [0.25, 0.3) is 0 Å². The average Bonchev–Trinajstić information content (AvgIpc) is 2.26. The van der Waals surface area contributed by atoms with Gasteiger partial charge in [-0.15, -0.1) is 11.8 Å². The van der Waals surface area contributed by atoms with E-state index < -0.39 is 11.7 Å². The predicted molar refractivity (Wildman–Crippen MR) is 77.7 cm³/mol. The second-order valence-electron chi connectivity index (χ2n) is 5.41. The van der Waals surface area contributed by atoms with Crippen molar-refractivity contribution in [2.75, 3.05) is 13.1 Å². The second kappa shape index (κ2) is 8.78. The molecule has 0 saturated carbocycles. The molecule has 0 saturated heterocycles. The van der Waals surface area contributed by atoms with E-state index in [2.05, 4.69) is 22.5 Å². The lowest BCUT2D eigenvalue weighted by molar-refractivity contribution is 0.0499. The molecule has 5 nitrogen and oxygen atoms in total. The molecular formula is C14H27N3O2. The third kappa shape index (κ3) is 9.34. The van der Waals surface area contributed by atoms with Crippen molar-refractivity contribution in [1.82, 2.24) is 10.6 Å². The fraction of sp³-hybridized carbons (Fsp3) is 0.786. The van der Waals surface area contributed by atoms with Gasteiger partial charge < -0.3 is 21.1 Å². The molecule has 4 N–H and O–H groups in total. The molecule has 5 heteroatoms. The smallest absolute Gasteiger partial charge is 0.407 e. The van der Waals surface area contributed by atoms with Gasteiger partial charge in [0.25, 0.3) is 0 Å². The predicted octanol–water partition coefficient (Wildman–Crippen LogP) is 1.23. The summed E-state index contributed by atoms with van der Waals surface area (Å²) in [7, 11) is 0. The fourth-order valence-corrected chi connectivity index (χ4v) is 1.50. The molecule has 0 aliphatic rings. The summed E-state index contributed by atoms with van der Waals surface area (Å²) in [4.78, 5) is 11.6. The largest absolute Gasteiger partial charge is 0.444 e. The summed E-state index contributed by atoms with van der Waals surface area (Å²) in [5, 5.41) is 6.06. The van der Waals surface area contributed by atoms with Crippen LogP contribution in [-0.2, 0) is 4.74 Å². The molecule has 0 aromatic rings. The van der Waals surface area contributed by atoms with Crippen LogP contribution in [0.5, 0.6) is 0 Å². The van der Waals surface area contributed by atoms with Crippen LogP contribution in [0.1, 0.15) is 41.0 Å². The molecular weight excluding hydrogens is 242 g/mol. The Morgan fingerprint density at radius 2 is 2.05 bits per heavy atom. The van der Waals surface area contributed by atoms with Gasteiger partial charge >= 0.3 is 6.09 Å². The van der Waals surface area contributed by atoms with E-state index in [0.29, 0.717) is 6.54 Å². The van der Waals surface area contributed by atoms with Crippen LogP contribution >= 0.6 is 0 Å². The topological polar surface area (TPSA) is 76.4 Å². The van der Waals surface area contributed by atoms with Crippen LogP contribution in [0, 0.1) is 11.8 Å². The quantitative estimate of drug-likeness (QED) is 0.501. The first-order valence-corrected chi connectivity index (χ1v) is 6.62. The molecule has 0 aromatic carbocycles. The molecule has 0 aromatic heterocycles. The lowest BCUT2D eigenvalue weighted by atomic mass is 10.1. The van der Waals surface area contributed by atoms with E-state index in [1.54, 1.807) is 0 Å². The lowest BCUT2D eigenvalue weighted by Crippen LogP contribution is -2.52. The third-order valence-electron chi connectivity index (χ3n) is 2.44. The van der Waals surface area contributed by atoms with E-state index in [4.69, 9.17) is 10.5 Å². The molecule has 0 fully saturated rings. The Hall–Kier alpha value is -1.25. The first kappa shape index (κ1) is 17.8. The number of nitrogens with one attached hydrogen (secondary N) is 2. The molecule has 110 valence electrons. The number of nitrogens with two attached hydrogens (primary N) is 1. The number of amides is 1. The van der Waals surface area contributed by atoms with Crippen molar-refractivity contribution in [1.29, 1.82) is 0 Å². The minimum atomic E-state index is -0.494. The van der Waals surface area contributed by atoms with Crippen molar-refractivity contribution in [3.05, 3.63) is 0 Å². The molecule has 0 heterocycles. The minimum Gasteiger partial charge on any atom is -0.444 e. The summed E-state index contributed by atoms with van der Waals surface area (Å²) in [5.74, 6) is 5.81. The van der Waals surface area contributed by atoms with Gasteiger partial charge in [0.15, 0.2) is 0 Å². The number of ether oxygens (including phenoxy) is 1. The number of carbonyl (C=O) groups excluding carboxylic acids is 1. The van der Waals surface area contributed by atoms with Crippen LogP contribution in [-0.4, -0.2) is 36.9 Å². The normalized spacial score (nSPS) is 14.0. The van der Waals surface area contributed by atoms with Crippen molar-refractivity contribution >= 4 is 6.09 Å². The SMILES string of the molecule is CC#CCCNC(CN)C(C)NC(=O)OC(C)(C)C. The standard InChI is InChI=1S/C14H27N3O2/c1-6-7-8-9-16-12(10-15)11(2)17-13(18)19-14(3,4)5/h11-12,16H,8-10,15H2,1-5H3,(H,17,18). The van der Waals surface area contributed by atoms with E-state index in [1.165, 1.54) is 0 Å². The summed E-state index contributed by atoms with van der Waals surface area (Å²) >= 11 is 0. The summed E-state index contributed by atoms with van der Waals surface area (Å²) in [6.45, 7) is 10.4. The first-order chi connectivity index (χ1) is 8.80. The summed E-state index contributed by atoms with van der Waals surface area (Å²) in [6.07, 6.45) is 0.347. The lowest BCUT2D eigenvalue weighted by Gasteiger charge is -2.26. The molecule has 0 aliphatic carbocycles. The van der Waals surface area contributed by atoms with E-state index in [9.17, 15) is 4.79 Å². The van der Waals surface area contributed by atoms with Crippen LogP contribution in [0.2, 0.25) is 0 Å². The maximum Gasteiger partial charge on any atom is 0.407 e. The van der Waals surface area contributed by atoms with Crippen molar-refractivity contribution < 1.29 is 9.53 Å². The van der Waals surface area contributed by atoms with Gasteiger partial charge in [-0.05, 0) is 34.6 Å². The Bertz CT molecular complexity index is 326. The zero-order valence-corrected chi connectivity index (χ0v) is 12.7. The average molecular weight is 269 g/mol. The number of hydrogen-bond acceptors (Lipinski definition) is 4. The van der Waals surface area contributed by atoms with Crippen molar-refractivity contribution in [2.45, 2.75) is 58.7 Å². The first-order valence-electron chi connectivity index (χ1n) is 6.62. The van der Waals surface area contributed by atoms with Crippen molar-refractivity contribution in [3.63, 3.8) is 0 Å². The van der Waals surface area contributed by atoms with Gasteiger partial charge in [-0.1, -0.05) is 0 Å². The highest BCUT2D eigenvalue weighted by atomic mass is 16.6. The molecule has 0 spiro atoms. The van der Waals surface area contributed by atoms with Crippen LogP contribution in [0.15, 0.2) is 0 Å². The van der Waals surface area contributed by atoms with Gasteiger partial charge in [0, 0.05) is 31.6 Å². The molecule has 0 radical (unpaired) electrons. The van der Waals surface area contributed by atoms with E-state index in [0.717, 1.165) is 13.0 Å². The van der Waals surface area contributed by atoms with Gasteiger partial charge in [-0.2, -0.15) is 0 Å². The number of rotatable bonds is 6. The van der Waals surface area contributed by atoms with E-state index >= 15 is 0 Å². The fourth-order valence-electron chi connectivity index (χ4n) is 1.50. The van der Waals surface area contributed by atoms with Gasteiger partial charge in [-0.3, -0.25) is 0 Å². The zero-order valence-electron chi connectivity index (χ0n) is 12.7. The Balaban J connectivity index is 4.15. The summed E-state index contributed by atoms with van der Waals surface area (Å²) < 4.78 is 5.21. The molecule has 0 rings (SSSR count). The highest BCUT2D eigenvalue weighted by Gasteiger charge is 2.21. The maximum absolute atomic E-state index is 11.6. The van der Waals surface area contributed by atoms with Gasteiger partial charge in [0.2, 0.25) is 0 Å². The van der Waals surface area contributed by atoms with E-state index in [-0.39, 0.29) is 12.1 Å². The Kier molecular flexibility index (Phi) is 8.21. The molecule has 2 unspecified atom stereocenters. The number of carbonyl (C=O) groups is 1. The maximum atomic E-state index is 11.6. The van der Waals surface area contributed by atoms with Gasteiger partial charge in [0.1, 0.15) is 5.60 Å². The molecule has 2 atom stereocenters. The Morgan fingerprint density at radius 1 is 1.42 bits per heavy atom. The molecule has 19 heavy (non-hydrogen) atoms. The number of hydrogen-bond donors (Lipinski definition) is 3. The number of alkyl carbamates (subject to hydrolysis) is 1. The van der Waals surface area contributed by atoms with Crippen molar-refractivity contribution in [3.8, 4) is 11.8 Å². The highest BCUT2D eigenvalue weighted by Crippen LogP contribution is 2.07. The summed E-state index contributed by atoms with van der Waals surface area (Å²) in [6, 6.07) is -0.0967. The molecule has 1 amide bonds. The van der Waals surface area contributed by atoms with E-state index in [1.807, 2.05) is 34.6 Å². The Morgan fingerprint density at radius 3 is 2.53 bits per heavy atom. The molecule has 0 aliphatic heterocycles. The highest BCUT2D eigenvalue weighted by molar-refractivity contribution is 5.68. The van der Waals surface area contributed by atoms with Crippen LogP contribution in [0.4, 0.5) is 4.79 Å². The monoisotopic (exact) mass is 269 g/mol. The molecule has 0 bridgehead atoms. The van der Waals surface area contributed by atoms with Gasteiger partial charge in [-0.25, -0.2) is 4.79 Å². The zero-order chi connectivity index (χ0) is 14.9. The third-order valence-corrected chi connectivity index (χ3v) is 2.44. The summed E-state index contributed by atoms with van der Waals surface area (Å²) in [5.41, 5.74) is 5.21. The van der Waals surface area contributed by atoms with Gasteiger partial charge in [0.05, 0.1) is 0 Å². The van der Waals surface area contributed by atoms with Crippen LogP contribution < -0.4 is 16.4 Å². The van der Waals surface area contributed by atoms with Crippen molar-refractivity contribution in [2.24, 2.45) is 5.73 Å². The Labute approximate surface area is 116 Å².